The van der Waals surface area contributed by atoms with Gasteiger partial charge in [0.1, 0.15) is 0 Å². The molecule has 10 nitrogen and oxygen atoms in total. The second-order valence-electron chi connectivity index (χ2n) is 11.2. The van der Waals surface area contributed by atoms with Gasteiger partial charge in [0.15, 0.2) is 0 Å². The van der Waals surface area contributed by atoms with Crippen molar-refractivity contribution in [2.45, 2.75) is 180 Å². The Bertz CT molecular complexity index is 533. The van der Waals surface area contributed by atoms with Crippen LogP contribution >= 0.6 is 7.82 Å². The van der Waals surface area contributed by atoms with E-state index in [1.165, 1.54) is 128 Å². The smallest absolute Gasteiger partial charge is 0.337 e. The van der Waals surface area contributed by atoms with Crippen molar-refractivity contribution < 1.29 is 49.1 Å². The summed E-state index contributed by atoms with van der Waals surface area (Å²) in [7, 11) is -3.86. The topological polar surface area (TPSA) is 177 Å². The highest BCUT2D eigenvalue weighted by Gasteiger charge is 2.44. The summed E-state index contributed by atoms with van der Waals surface area (Å²) < 4.78 is 22.2. The van der Waals surface area contributed by atoms with E-state index in [2.05, 4.69) is 13.8 Å². The lowest BCUT2D eigenvalue weighted by Gasteiger charge is -2.23. The highest BCUT2D eigenvalue weighted by Crippen LogP contribution is 2.43. The first-order chi connectivity index (χ1) is 19.4. The van der Waals surface area contributed by atoms with Gasteiger partial charge in [-0.2, -0.15) is 0 Å². The quantitative estimate of drug-likeness (QED) is 0.0269. The fourth-order valence-corrected chi connectivity index (χ4v) is 5.08. The number of phosphoric acid groups is 1. The van der Waals surface area contributed by atoms with Crippen molar-refractivity contribution in [1.29, 1.82) is 0 Å². The third kappa shape index (κ3) is 34.2. The van der Waals surface area contributed by atoms with Crippen LogP contribution < -0.4 is 0 Å². The molecule has 0 aromatic carbocycles. The summed E-state index contributed by atoms with van der Waals surface area (Å²) in [5.74, 6) is -7.79. The van der Waals surface area contributed by atoms with Gasteiger partial charge in [-0.1, -0.05) is 155 Å². The molecule has 0 aromatic rings. The van der Waals surface area contributed by atoms with Crippen LogP contribution in [0.4, 0.5) is 0 Å². The Morgan fingerprint density at radius 2 is 0.610 bits per heavy atom. The van der Waals surface area contributed by atoms with Crippen molar-refractivity contribution in [1.82, 2.24) is 0 Å². The molecule has 0 atom stereocenters. The number of rotatable bonds is 29. The molecule has 0 saturated carbocycles. The van der Waals surface area contributed by atoms with Gasteiger partial charge in [0.2, 0.25) is 0 Å². The molecule has 0 bridgehead atoms. The Morgan fingerprint density at radius 3 is 0.805 bits per heavy atom. The fourth-order valence-electron chi connectivity index (χ4n) is 4.28. The van der Waals surface area contributed by atoms with Gasteiger partial charge in [-0.3, -0.25) is 9.05 Å². The predicted octanol–water partition coefficient (Wildman–Crippen LogP) is 6.77. The van der Waals surface area contributed by atoms with Gasteiger partial charge in [-0.15, -0.1) is 0 Å². The van der Waals surface area contributed by atoms with Crippen LogP contribution in [0, 0.1) is 0 Å². The standard InChI is InChI=1S/C28H59O4P.C2H6O6/c1-3-5-7-9-11-13-15-17-19-21-23-25-27-31-33(29,30)32-28-26-24-22-20-18-16-14-12-10-8-6-4-2;3-1(4,5)2(6,7)8/h3-28H2,1-2H3,(H,29,30);3-8H. The van der Waals surface area contributed by atoms with Gasteiger partial charge >= 0.3 is 19.8 Å². The van der Waals surface area contributed by atoms with E-state index in [0.717, 1.165) is 25.7 Å². The van der Waals surface area contributed by atoms with Gasteiger partial charge < -0.3 is 35.5 Å². The third-order valence-electron chi connectivity index (χ3n) is 6.95. The van der Waals surface area contributed by atoms with E-state index < -0.39 is 19.8 Å². The molecule has 250 valence electrons. The van der Waals surface area contributed by atoms with Crippen molar-refractivity contribution in [2.75, 3.05) is 13.2 Å². The molecule has 11 heteroatoms. The second-order valence-corrected chi connectivity index (χ2v) is 12.6. The molecule has 0 spiro atoms. The van der Waals surface area contributed by atoms with E-state index in [9.17, 15) is 9.46 Å². The van der Waals surface area contributed by atoms with Crippen molar-refractivity contribution in [3.63, 3.8) is 0 Å². The molecule has 7 N–H and O–H groups in total. The number of hydrogen-bond donors (Lipinski definition) is 7. The average Bonchev–Trinajstić information content (AvgIpc) is 2.88. The monoisotopic (exact) mass is 616 g/mol. The Hall–Kier alpha value is -0.130. The molecule has 0 aliphatic heterocycles. The molecular formula is C30H65O10P. The summed E-state index contributed by atoms with van der Waals surface area (Å²) >= 11 is 0. The molecule has 0 fully saturated rings. The minimum absolute atomic E-state index is 0.323. The minimum atomic E-state index is -3.90. The van der Waals surface area contributed by atoms with Crippen LogP contribution in [0.2, 0.25) is 0 Å². The summed E-state index contributed by atoms with van der Waals surface area (Å²) in [6, 6.07) is 0. The molecule has 0 aromatic heterocycles. The molecule has 0 aliphatic rings. The zero-order valence-electron chi connectivity index (χ0n) is 26.2. The molecule has 0 unspecified atom stereocenters. The van der Waals surface area contributed by atoms with Crippen LogP contribution in [0.1, 0.15) is 168 Å². The Labute approximate surface area is 250 Å². The Morgan fingerprint density at radius 1 is 0.415 bits per heavy atom. The fraction of sp³-hybridized carbons (Fsp3) is 1.00. The zero-order chi connectivity index (χ0) is 31.3. The molecule has 0 aliphatic carbocycles. The van der Waals surface area contributed by atoms with Gasteiger partial charge in [0.25, 0.3) is 0 Å². The summed E-state index contributed by atoms with van der Waals surface area (Å²) in [5, 5.41) is 46.3. The van der Waals surface area contributed by atoms with Gasteiger partial charge in [-0.25, -0.2) is 4.57 Å². The van der Waals surface area contributed by atoms with Crippen LogP contribution in [0.3, 0.4) is 0 Å². The lowest BCUT2D eigenvalue weighted by molar-refractivity contribution is -0.512. The summed E-state index contributed by atoms with van der Waals surface area (Å²) in [4.78, 5) is 9.78. The minimum Gasteiger partial charge on any atom is -0.337 e. The summed E-state index contributed by atoms with van der Waals surface area (Å²) in [5.41, 5.74) is 0. The largest absolute Gasteiger partial charge is 0.472 e. The third-order valence-corrected chi connectivity index (χ3v) is 7.97. The molecular weight excluding hydrogens is 551 g/mol. The maximum atomic E-state index is 11.9. The van der Waals surface area contributed by atoms with Gasteiger partial charge in [-0.05, 0) is 12.8 Å². The molecule has 0 amide bonds. The molecule has 0 radical (unpaired) electrons. The van der Waals surface area contributed by atoms with Crippen molar-refractivity contribution in [3.8, 4) is 0 Å². The van der Waals surface area contributed by atoms with Crippen molar-refractivity contribution in [2.24, 2.45) is 0 Å². The van der Waals surface area contributed by atoms with Crippen molar-refractivity contribution in [3.05, 3.63) is 0 Å². The first-order valence-corrected chi connectivity index (χ1v) is 17.8. The van der Waals surface area contributed by atoms with Gasteiger partial charge in [0.05, 0.1) is 13.2 Å². The highest BCUT2D eigenvalue weighted by atomic mass is 31.2. The average molecular weight is 617 g/mol. The molecule has 0 saturated heterocycles. The molecule has 0 rings (SSSR count). The number of unbranched alkanes of at least 4 members (excludes halogenated alkanes) is 22. The number of hydrogen-bond acceptors (Lipinski definition) is 9. The first kappa shape index (κ1) is 43.0. The SMILES string of the molecule is CCCCCCCCCCCCCCOP(=O)(O)OCCCCCCCCCCCCCC.OC(O)(O)C(O)(O)O. The van der Waals surface area contributed by atoms with Crippen LogP contribution in [0.5, 0.6) is 0 Å². The Balaban J connectivity index is 0. The number of phosphoric ester groups is 1. The molecule has 0 heterocycles. The maximum absolute atomic E-state index is 11.9. The summed E-state index contributed by atoms with van der Waals surface area (Å²) in [6.45, 7) is 5.17. The van der Waals surface area contributed by atoms with E-state index in [4.69, 9.17) is 39.7 Å². The second kappa shape index (κ2) is 28.6. The van der Waals surface area contributed by atoms with E-state index in [1.807, 2.05) is 0 Å². The van der Waals surface area contributed by atoms with Gasteiger partial charge in [0, 0.05) is 0 Å². The predicted molar refractivity (Wildman–Crippen MR) is 163 cm³/mol. The Kier molecular flexibility index (Phi) is 30.0. The molecule has 41 heavy (non-hydrogen) atoms. The zero-order valence-corrected chi connectivity index (χ0v) is 27.1. The normalized spacial score (nSPS) is 12.4. The lowest BCUT2D eigenvalue weighted by Crippen LogP contribution is -2.54. The van der Waals surface area contributed by atoms with Crippen LogP contribution in [0.25, 0.3) is 0 Å². The summed E-state index contributed by atoms with van der Waals surface area (Å²) in [6.07, 6.45) is 30.6. The van der Waals surface area contributed by atoms with E-state index >= 15 is 0 Å². The van der Waals surface area contributed by atoms with Crippen LogP contribution in [-0.4, -0.2) is 60.7 Å². The van der Waals surface area contributed by atoms with Crippen LogP contribution in [0.15, 0.2) is 0 Å². The highest BCUT2D eigenvalue weighted by molar-refractivity contribution is 7.47. The lowest BCUT2D eigenvalue weighted by atomic mass is 10.1. The number of aliphatic hydroxyl groups is 6. The van der Waals surface area contributed by atoms with E-state index in [1.54, 1.807) is 0 Å². The van der Waals surface area contributed by atoms with Crippen LogP contribution in [-0.2, 0) is 13.6 Å². The van der Waals surface area contributed by atoms with E-state index in [0.29, 0.717) is 13.2 Å². The van der Waals surface area contributed by atoms with Crippen molar-refractivity contribution >= 4 is 7.82 Å². The maximum Gasteiger partial charge on any atom is 0.472 e. The van der Waals surface area contributed by atoms with E-state index in [-0.39, 0.29) is 0 Å². The first-order valence-electron chi connectivity index (χ1n) is 16.3.